The lowest BCUT2D eigenvalue weighted by molar-refractivity contribution is 0.935. The third kappa shape index (κ3) is 2.64. The predicted molar refractivity (Wildman–Crippen MR) is 104 cm³/mol. The molecule has 0 fully saturated rings. The van der Waals surface area contributed by atoms with Crippen LogP contribution in [-0.4, -0.2) is 9.52 Å². The standard InChI is InChI=1S/C22H24Si/c1-15-11-17(21-9-5-3-7-19(15)21)13-23-14-18-12-16(2)20-8-4-6-10-22(18)20/h3-12,17-18H,13-14,23H2,1-2H3. The van der Waals surface area contributed by atoms with E-state index in [1.165, 1.54) is 34.4 Å². The zero-order valence-electron chi connectivity index (χ0n) is 14.0. The van der Waals surface area contributed by atoms with Crippen molar-refractivity contribution < 1.29 is 0 Å². The van der Waals surface area contributed by atoms with E-state index < -0.39 is 0 Å². The lowest BCUT2D eigenvalue weighted by atomic mass is 10.0. The highest BCUT2D eigenvalue weighted by molar-refractivity contribution is 6.36. The van der Waals surface area contributed by atoms with Crippen LogP contribution in [0, 0.1) is 0 Å². The van der Waals surface area contributed by atoms with Crippen LogP contribution in [0.4, 0.5) is 0 Å². The molecule has 0 heterocycles. The normalized spacial score (nSPS) is 22.2. The quantitative estimate of drug-likeness (QED) is 0.663. The number of fused-ring (bicyclic) bond motifs is 2. The molecule has 1 heteroatoms. The zero-order valence-corrected chi connectivity index (χ0v) is 15.5. The number of hydrogen-bond acceptors (Lipinski definition) is 0. The van der Waals surface area contributed by atoms with Crippen molar-refractivity contribution in [1.29, 1.82) is 0 Å². The molecule has 0 aromatic heterocycles. The summed E-state index contributed by atoms with van der Waals surface area (Å²) in [6.07, 6.45) is 5.00. The Balaban J connectivity index is 1.43. The number of rotatable bonds is 4. The van der Waals surface area contributed by atoms with Gasteiger partial charge in [0.1, 0.15) is 0 Å². The molecule has 2 aromatic carbocycles. The Morgan fingerprint density at radius 3 is 1.61 bits per heavy atom. The Bertz CT molecular complexity index is 730. The van der Waals surface area contributed by atoms with Crippen molar-refractivity contribution in [2.45, 2.75) is 37.8 Å². The first-order chi connectivity index (χ1) is 11.2. The maximum atomic E-state index is 2.50. The molecule has 0 bridgehead atoms. The summed E-state index contributed by atoms with van der Waals surface area (Å²) in [7, 11) is -0.0610. The van der Waals surface area contributed by atoms with Crippen LogP contribution in [0.2, 0.25) is 12.1 Å². The van der Waals surface area contributed by atoms with Gasteiger partial charge in [-0.2, -0.15) is 0 Å². The highest BCUT2D eigenvalue weighted by Crippen LogP contribution is 2.40. The van der Waals surface area contributed by atoms with Crippen LogP contribution < -0.4 is 0 Å². The first-order valence-corrected chi connectivity index (χ1v) is 10.8. The summed E-state index contributed by atoms with van der Waals surface area (Å²) in [4.78, 5) is 0. The highest BCUT2D eigenvalue weighted by atomic mass is 28.2. The molecule has 0 aliphatic heterocycles. The summed E-state index contributed by atoms with van der Waals surface area (Å²) < 4.78 is 0. The lowest BCUT2D eigenvalue weighted by Gasteiger charge is -2.13. The fraction of sp³-hybridized carbons (Fsp3) is 0.273. The molecule has 116 valence electrons. The SMILES string of the molecule is CC1=CC(C[SiH2]CC2C=C(C)c3ccccc32)c2ccccc21. The molecule has 2 atom stereocenters. The molecule has 23 heavy (non-hydrogen) atoms. The van der Waals surface area contributed by atoms with Gasteiger partial charge in [0.25, 0.3) is 0 Å². The molecule has 0 N–H and O–H groups in total. The average molecular weight is 317 g/mol. The van der Waals surface area contributed by atoms with Crippen LogP contribution in [-0.2, 0) is 0 Å². The van der Waals surface area contributed by atoms with Crippen LogP contribution in [0.5, 0.6) is 0 Å². The zero-order chi connectivity index (χ0) is 15.8. The summed E-state index contributed by atoms with van der Waals surface area (Å²) in [6.45, 7) is 4.53. The molecule has 0 radical (unpaired) electrons. The molecule has 0 saturated heterocycles. The molecule has 2 aromatic rings. The van der Waals surface area contributed by atoms with Gasteiger partial charge >= 0.3 is 0 Å². The van der Waals surface area contributed by atoms with Crippen molar-refractivity contribution >= 4 is 20.7 Å². The van der Waals surface area contributed by atoms with Gasteiger partial charge in [-0.1, -0.05) is 72.8 Å². The fourth-order valence-electron chi connectivity index (χ4n) is 4.36. The van der Waals surface area contributed by atoms with Crippen molar-refractivity contribution in [3.05, 3.63) is 82.9 Å². The molecule has 0 nitrogen and oxygen atoms in total. The molecule has 2 unspecified atom stereocenters. The minimum absolute atomic E-state index is 0.0610. The van der Waals surface area contributed by atoms with E-state index in [0.717, 1.165) is 0 Å². The van der Waals surface area contributed by atoms with Gasteiger partial charge in [0.2, 0.25) is 0 Å². The monoisotopic (exact) mass is 316 g/mol. The number of benzene rings is 2. The van der Waals surface area contributed by atoms with Gasteiger partial charge in [-0.05, 0) is 47.2 Å². The molecule has 2 aliphatic carbocycles. The first kappa shape index (κ1) is 14.7. The third-order valence-corrected chi connectivity index (χ3v) is 7.56. The molecule has 2 aliphatic rings. The number of hydrogen-bond donors (Lipinski definition) is 0. The molecular weight excluding hydrogens is 292 g/mol. The molecule has 0 spiro atoms. The summed E-state index contributed by atoms with van der Waals surface area (Å²) >= 11 is 0. The van der Waals surface area contributed by atoms with Crippen LogP contribution >= 0.6 is 0 Å². The number of allylic oxidation sites excluding steroid dienone is 4. The maximum Gasteiger partial charge on any atom is 0.0218 e. The van der Waals surface area contributed by atoms with Gasteiger partial charge in [0, 0.05) is 21.4 Å². The van der Waals surface area contributed by atoms with Crippen molar-refractivity contribution in [3.8, 4) is 0 Å². The summed E-state index contributed by atoms with van der Waals surface area (Å²) in [5, 5.41) is 0. The largest absolute Gasteiger partial charge is 0.0737 e. The second-order valence-electron chi connectivity index (χ2n) is 7.02. The topological polar surface area (TPSA) is 0 Å². The lowest BCUT2D eigenvalue weighted by Crippen LogP contribution is -2.03. The van der Waals surface area contributed by atoms with E-state index in [9.17, 15) is 0 Å². The molecular formula is C22H24Si. The van der Waals surface area contributed by atoms with Crippen LogP contribution in [0.1, 0.15) is 47.9 Å². The Labute approximate surface area is 141 Å². The Hall–Kier alpha value is -1.86. The first-order valence-electron chi connectivity index (χ1n) is 8.79. The molecule has 0 amide bonds. The van der Waals surface area contributed by atoms with E-state index >= 15 is 0 Å². The average Bonchev–Trinajstić information content (AvgIpc) is 3.07. The Morgan fingerprint density at radius 2 is 1.13 bits per heavy atom. The van der Waals surface area contributed by atoms with E-state index in [4.69, 9.17) is 0 Å². The highest BCUT2D eigenvalue weighted by Gasteiger charge is 2.23. The van der Waals surface area contributed by atoms with E-state index in [1.807, 2.05) is 0 Å². The van der Waals surface area contributed by atoms with E-state index in [0.29, 0.717) is 11.8 Å². The van der Waals surface area contributed by atoms with Crippen molar-refractivity contribution in [2.75, 3.05) is 0 Å². The minimum Gasteiger partial charge on any atom is -0.0737 e. The summed E-state index contributed by atoms with van der Waals surface area (Å²) in [6, 6.07) is 20.7. The molecule has 0 saturated carbocycles. The van der Waals surface area contributed by atoms with E-state index in [-0.39, 0.29) is 9.52 Å². The van der Waals surface area contributed by atoms with Gasteiger partial charge in [0.15, 0.2) is 0 Å². The van der Waals surface area contributed by atoms with E-state index in [2.05, 4.69) is 74.5 Å². The summed E-state index contributed by atoms with van der Waals surface area (Å²) in [5.74, 6) is 1.36. The van der Waals surface area contributed by atoms with Gasteiger partial charge in [-0.25, -0.2) is 0 Å². The third-order valence-electron chi connectivity index (χ3n) is 5.50. The van der Waals surface area contributed by atoms with Crippen molar-refractivity contribution in [2.24, 2.45) is 0 Å². The van der Waals surface area contributed by atoms with Gasteiger partial charge in [0.05, 0.1) is 0 Å². The second kappa shape index (κ2) is 5.97. The maximum absolute atomic E-state index is 2.50. The van der Waals surface area contributed by atoms with Crippen LogP contribution in [0.3, 0.4) is 0 Å². The molecule has 4 rings (SSSR count). The summed E-state index contributed by atoms with van der Waals surface area (Å²) in [5.41, 5.74) is 9.04. The fourth-order valence-corrected chi connectivity index (χ4v) is 6.43. The van der Waals surface area contributed by atoms with Crippen LogP contribution in [0.25, 0.3) is 11.1 Å². The second-order valence-corrected chi connectivity index (χ2v) is 8.88. The van der Waals surface area contributed by atoms with Crippen LogP contribution in [0.15, 0.2) is 60.7 Å². The minimum atomic E-state index is -0.0610. The van der Waals surface area contributed by atoms with Gasteiger partial charge in [-0.3, -0.25) is 0 Å². The van der Waals surface area contributed by atoms with Crippen molar-refractivity contribution in [3.63, 3.8) is 0 Å². The Morgan fingerprint density at radius 1 is 0.696 bits per heavy atom. The van der Waals surface area contributed by atoms with E-state index in [1.54, 1.807) is 11.1 Å². The predicted octanol–water partition coefficient (Wildman–Crippen LogP) is 5.39. The smallest absolute Gasteiger partial charge is 0.0218 e. The van der Waals surface area contributed by atoms with Gasteiger partial charge in [-0.15, -0.1) is 0 Å². The van der Waals surface area contributed by atoms with Crippen molar-refractivity contribution in [1.82, 2.24) is 0 Å². The van der Waals surface area contributed by atoms with Gasteiger partial charge < -0.3 is 0 Å². The Kier molecular flexibility index (Phi) is 3.82.